The molecular formula is C17H17ClN2O. The van der Waals surface area contributed by atoms with Crippen molar-refractivity contribution < 1.29 is 5.11 Å². The van der Waals surface area contributed by atoms with Crippen LogP contribution < -0.4 is 0 Å². The number of halogens is 1. The zero-order valence-corrected chi connectivity index (χ0v) is 12.6. The summed E-state index contributed by atoms with van der Waals surface area (Å²) in [5.41, 5.74) is 2.88. The van der Waals surface area contributed by atoms with Gasteiger partial charge >= 0.3 is 0 Å². The monoisotopic (exact) mass is 300 g/mol. The van der Waals surface area contributed by atoms with Gasteiger partial charge < -0.3 is 9.67 Å². The van der Waals surface area contributed by atoms with Crippen molar-refractivity contribution in [2.45, 2.75) is 26.3 Å². The fraction of sp³-hybridized carbons (Fsp3) is 0.235. The Labute approximate surface area is 128 Å². The lowest BCUT2D eigenvalue weighted by Crippen LogP contribution is -2.04. The molecule has 3 nitrogen and oxygen atoms in total. The maximum Gasteiger partial charge on any atom is 0.119 e. The highest BCUT2D eigenvalue weighted by Gasteiger charge is 2.12. The third-order valence-electron chi connectivity index (χ3n) is 3.58. The first-order valence-corrected chi connectivity index (χ1v) is 7.48. The fourth-order valence-corrected chi connectivity index (χ4v) is 2.75. The largest absolute Gasteiger partial charge is 0.508 e. The summed E-state index contributed by atoms with van der Waals surface area (Å²) >= 11 is 6.10. The van der Waals surface area contributed by atoms with Gasteiger partial charge in [0.15, 0.2) is 0 Å². The van der Waals surface area contributed by atoms with Crippen LogP contribution in [0.15, 0.2) is 42.5 Å². The third-order valence-corrected chi connectivity index (χ3v) is 3.81. The molecule has 0 saturated carbocycles. The summed E-state index contributed by atoms with van der Waals surface area (Å²) in [5, 5.41) is 10.7. The minimum atomic E-state index is 0.311. The molecule has 1 N–H and O–H groups in total. The summed E-state index contributed by atoms with van der Waals surface area (Å²) in [5.74, 6) is 1.27. The van der Waals surface area contributed by atoms with Crippen LogP contribution in [0, 0.1) is 0 Å². The minimum absolute atomic E-state index is 0.311. The summed E-state index contributed by atoms with van der Waals surface area (Å²) in [7, 11) is 0. The van der Waals surface area contributed by atoms with E-state index in [4.69, 9.17) is 16.6 Å². The number of benzene rings is 2. The molecule has 21 heavy (non-hydrogen) atoms. The second kappa shape index (κ2) is 5.78. The molecule has 0 aliphatic heterocycles. The maximum atomic E-state index is 9.95. The van der Waals surface area contributed by atoms with E-state index in [0.29, 0.717) is 17.2 Å². The zero-order chi connectivity index (χ0) is 14.8. The van der Waals surface area contributed by atoms with E-state index < -0.39 is 0 Å². The van der Waals surface area contributed by atoms with Gasteiger partial charge in [0, 0.05) is 23.6 Å². The Hall–Kier alpha value is -2.00. The Morgan fingerprint density at radius 1 is 1.19 bits per heavy atom. The van der Waals surface area contributed by atoms with E-state index in [1.165, 1.54) is 0 Å². The first-order chi connectivity index (χ1) is 10.2. The molecule has 4 heteroatoms. The number of aromatic hydroxyl groups is 1. The summed E-state index contributed by atoms with van der Waals surface area (Å²) in [6.45, 7) is 3.03. The number of para-hydroxylation sites is 1. The van der Waals surface area contributed by atoms with Crippen LogP contribution in [0.1, 0.15) is 24.7 Å². The van der Waals surface area contributed by atoms with Crippen LogP contribution in [0.5, 0.6) is 5.75 Å². The molecule has 2 aromatic carbocycles. The van der Waals surface area contributed by atoms with E-state index in [0.717, 1.165) is 35.4 Å². The van der Waals surface area contributed by atoms with E-state index in [1.54, 1.807) is 6.07 Å². The first-order valence-electron chi connectivity index (χ1n) is 7.10. The van der Waals surface area contributed by atoms with E-state index in [2.05, 4.69) is 11.5 Å². The van der Waals surface area contributed by atoms with Gasteiger partial charge in [0.1, 0.15) is 11.6 Å². The van der Waals surface area contributed by atoms with Gasteiger partial charge in [0.25, 0.3) is 0 Å². The molecular weight excluding hydrogens is 284 g/mol. The standard InChI is InChI=1S/C17H17ClN2O/c1-2-9-20-15-11-13(18)7-8-14(15)19-17(20)10-12-5-3-4-6-16(12)21/h3-8,11,21H,2,9-10H2,1H3. The lowest BCUT2D eigenvalue weighted by molar-refractivity contribution is 0.468. The predicted molar refractivity (Wildman–Crippen MR) is 85.9 cm³/mol. The van der Waals surface area contributed by atoms with Crippen LogP contribution in [-0.2, 0) is 13.0 Å². The molecule has 108 valence electrons. The molecule has 1 aromatic heterocycles. The second-order valence-corrected chi connectivity index (χ2v) is 5.55. The van der Waals surface area contributed by atoms with Gasteiger partial charge in [-0.3, -0.25) is 0 Å². The number of nitrogens with zero attached hydrogens (tertiary/aromatic N) is 2. The molecule has 3 rings (SSSR count). The maximum absolute atomic E-state index is 9.95. The van der Waals surface area contributed by atoms with E-state index in [9.17, 15) is 5.11 Å². The van der Waals surface area contributed by atoms with Crippen molar-refractivity contribution >= 4 is 22.6 Å². The highest BCUT2D eigenvalue weighted by Crippen LogP contribution is 2.25. The van der Waals surface area contributed by atoms with Gasteiger partial charge in [-0.25, -0.2) is 4.98 Å². The van der Waals surface area contributed by atoms with Crippen LogP contribution in [0.3, 0.4) is 0 Å². The lowest BCUT2D eigenvalue weighted by Gasteiger charge is -2.09. The van der Waals surface area contributed by atoms with Crippen molar-refractivity contribution in [2.75, 3.05) is 0 Å². The number of fused-ring (bicyclic) bond motifs is 1. The van der Waals surface area contributed by atoms with Crippen molar-refractivity contribution in [2.24, 2.45) is 0 Å². The fourth-order valence-electron chi connectivity index (χ4n) is 2.58. The summed E-state index contributed by atoms with van der Waals surface area (Å²) in [4.78, 5) is 4.70. The predicted octanol–water partition coefficient (Wildman–Crippen LogP) is 4.40. The van der Waals surface area contributed by atoms with Gasteiger partial charge in [-0.15, -0.1) is 0 Å². The SMILES string of the molecule is CCCn1c(Cc2ccccc2O)nc2ccc(Cl)cc21. The molecule has 0 radical (unpaired) electrons. The van der Waals surface area contributed by atoms with E-state index in [1.807, 2.05) is 36.4 Å². The topological polar surface area (TPSA) is 38.0 Å². The number of hydrogen-bond donors (Lipinski definition) is 1. The lowest BCUT2D eigenvalue weighted by atomic mass is 10.1. The summed E-state index contributed by atoms with van der Waals surface area (Å²) in [6.07, 6.45) is 1.63. The van der Waals surface area contributed by atoms with Crippen LogP contribution in [-0.4, -0.2) is 14.7 Å². The van der Waals surface area contributed by atoms with Crippen molar-refractivity contribution in [3.05, 3.63) is 58.9 Å². The average Bonchev–Trinajstić information content (AvgIpc) is 2.79. The number of rotatable bonds is 4. The van der Waals surface area contributed by atoms with Gasteiger partial charge in [-0.1, -0.05) is 36.7 Å². The zero-order valence-electron chi connectivity index (χ0n) is 11.9. The van der Waals surface area contributed by atoms with Crippen LogP contribution in [0.4, 0.5) is 0 Å². The highest BCUT2D eigenvalue weighted by molar-refractivity contribution is 6.31. The van der Waals surface area contributed by atoms with E-state index in [-0.39, 0.29) is 0 Å². The molecule has 0 amide bonds. The van der Waals surface area contributed by atoms with Crippen LogP contribution in [0.2, 0.25) is 5.02 Å². The molecule has 3 aromatic rings. The van der Waals surface area contributed by atoms with Crippen molar-refractivity contribution in [3.8, 4) is 5.75 Å². The molecule has 0 bridgehead atoms. The Bertz CT molecular complexity index is 780. The molecule has 0 atom stereocenters. The molecule has 1 heterocycles. The number of imidazole rings is 1. The summed E-state index contributed by atoms with van der Waals surface area (Å²) in [6, 6.07) is 13.1. The van der Waals surface area contributed by atoms with Gasteiger partial charge in [0.2, 0.25) is 0 Å². The number of hydrogen-bond acceptors (Lipinski definition) is 2. The number of aryl methyl sites for hydroxylation is 1. The Morgan fingerprint density at radius 3 is 2.76 bits per heavy atom. The number of phenolic OH excluding ortho intramolecular Hbond substituents is 1. The second-order valence-electron chi connectivity index (χ2n) is 5.12. The molecule has 0 spiro atoms. The van der Waals surface area contributed by atoms with Gasteiger partial charge in [0.05, 0.1) is 11.0 Å². The normalized spacial score (nSPS) is 11.1. The quantitative estimate of drug-likeness (QED) is 0.775. The van der Waals surface area contributed by atoms with Gasteiger partial charge in [-0.05, 0) is 30.7 Å². The molecule has 0 saturated heterocycles. The average molecular weight is 301 g/mol. The smallest absolute Gasteiger partial charge is 0.119 e. The van der Waals surface area contributed by atoms with Crippen molar-refractivity contribution in [1.29, 1.82) is 0 Å². The molecule has 0 aliphatic carbocycles. The Balaban J connectivity index is 2.09. The number of aromatic nitrogens is 2. The van der Waals surface area contributed by atoms with E-state index >= 15 is 0 Å². The van der Waals surface area contributed by atoms with Crippen molar-refractivity contribution in [1.82, 2.24) is 9.55 Å². The van der Waals surface area contributed by atoms with Crippen LogP contribution >= 0.6 is 11.6 Å². The Morgan fingerprint density at radius 2 is 2.00 bits per heavy atom. The first kappa shape index (κ1) is 14.0. The van der Waals surface area contributed by atoms with Crippen LogP contribution in [0.25, 0.3) is 11.0 Å². The van der Waals surface area contributed by atoms with Crippen molar-refractivity contribution in [3.63, 3.8) is 0 Å². The minimum Gasteiger partial charge on any atom is -0.508 e. The summed E-state index contributed by atoms with van der Waals surface area (Å²) < 4.78 is 2.19. The number of phenols is 1. The Kier molecular flexibility index (Phi) is 3.84. The molecule has 0 unspecified atom stereocenters. The highest BCUT2D eigenvalue weighted by atomic mass is 35.5. The molecule has 0 fully saturated rings. The third kappa shape index (κ3) is 2.74. The van der Waals surface area contributed by atoms with Gasteiger partial charge in [-0.2, -0.15) is 0 Å². The molecule has 0 aliphatic rings.